The molecule has 0 spiro atoms. The van der Waals surface area contributed by atoms with E-state index in [1.165, 1.54) is 43.2 Å². The van der Waals surface area contributed by atoms with Crippen LogP contribution in [0.1, 0.15) is 55.6 Å². The maximum absolute atomic E-state index is 5.61. The Hall–Kier alpha value is -2.70. The van der Waals surface area contributed by atoms with Crippen LogP contribution in [0.4, 0.5) is 0 Å². The zero-order valence-electron chi connectivity index (χ0n) is 19.9. The lowest BCUT2D eigenvalue weighted by Crippen LogP contribution is -2.47. The number of hydrogen-bond donors (Lipinski definition) is 1. The molecule has 0 bridgehead atoms. The monoisotopic (exact) mass is 439 g/mol. The average Bonchev–Trinajstić information content (AvgIpc) is 3.49. The van der Waals surface area contributed by atoms with Crippen LogP contribution in [0.5, 0.6) is 11.5 Å². The molecule has 2 aliphatic rings. The Balaban J connectivity index is 1.48. The first kappa shape index (κ1) is 22.5. The summed E-state index contributed by atoms with van der Waals surface area (Å²) in [5.74, 6) is 3.10. The summed E-state index contributed by atoms with van der Waals surface area (Å²) >= 11 is 0. The topological polar surface area (TPSA) is 63.9 Å². The van der Waals surface area contributed by atoms with Crippen LogP contribution in [0.15, 0.2) is 35.6 Å². The first-order valence-corrected chi connectivity index (χ1v) is 11.8. The van der Waals surface area contributed by atoms with Gasteiger partial charge in [-0.25, -0.2) is 0 Å². The standard InChI is InChI=1S/C25H37N5O2/c1-26-24(30-13-10-19(17-30)20-15-28-29(2)16-20)27-18-25(11-6-5-7-12-25)21-8-9-22(31-3)23(14-21)32-4/h8-9,14-16,19H,5-7,10-13,17-18H2,1-4H3,(H,26,27). The third kappa shape index (κ3) is 4.57. The van der Waals surface area contributed by atoms with Gasteiger partial charge < -0.3 is 19.7 Å². The van der Waals surface area contributed by atoms with Crippen LogP contribution in [0.25, 0.3) is 0 Å². The smallest absolute Gasteiger partial charge is 0.193 e. The van der Waals surface area contributed by atoms with Crippen LogP contribution < -0.4 is 14.8 Å². The number of guanidine groups is 1. The van der Waals surface area contributed by atoms with Gasteiger partial charge in [-0.05, 0) is 42.5 Å². The maximum Gasteiger partial charge on any atom is 0.193 e. The summed E-state index contributed by atoms with van der Waals surface area (Å²) in [6, 6.07) is 6.42. The Kier molecular flexibility index (Phi) is 6.92. The summed E-state index contributed by atoms with van der Waals surface area (Å²) in [7, 11) is 7.27. The summed E-state index contributed by atoms with van der Waals surface area (Å²) in [4.78, 5) is 7.03. The molecule has 7 nitrogen and oxygen atoms in total. The largest absolute Gasteiger partial charge is 0.493 e. The average molecular weight is 440 g/mol. The molecule has 4 rings (SSSR count). The summed E-state index contributed by atoms with van der Waals surface area (Å²) in [6.45, 7) is 2.88. The van der Waals surface area contributed by atoms with E-state index in [0.717, 1.165) is 43.5 Å². The van der Waals surface area contributed by atoms with Crippen LogP contribution in [0.2, 0.25) is 0 Å². The van der Waals surface area contributed by atoms with E-state index >= 15 is 0 Å². The first-order chi connectivity index (χ1) is 15.6. The Morgan fingerprint density at radius 2 is 1.97 bits per heavy atom. The van der Waals surface area contributed by atoms with Crippen molar-refractivity contribution in [3.05, 3.63) is 41.7 Å². The number of aliphatic imine (C=N–C) groups is 1. The number of nitrogens with one attached hydrogen (secondary N) is 1. The molecule has 1 unspecified atom stereocenters. The Morgan fingerprint density at radius 1 is 1.19 bits per heavy atom. The molecule has 0 radical (unpaired) electrons. The van der Waals surface area contributed by atoms with Gasteiger partial charge in [0.2, 0.25) is 0 Å². The number of hydrogen-bond acceptors (Lipinski definition) is 4. The van der Waals surface area contributed by atoms with Gasteiger partial charge in [-0.2, -0.15) is 5.10 Å². The van der Waals surface area contributed by atoms with Crippen molar-refractivity contribution < 1.29 is 9.47 Å². The van der Waals surface area contributed by atoms with E-state index in [9.17, 15) is 0 Å². The molecule has 174 valence electrons. The SMILES string of the molecule is CN=C(NCC1(c2ccc(OC)c(OC)c2)CCCCC1)N1CCC(c2cnn(C)c2)C1. The van der Waals surface area contributed by atoms with Crippen LogP contribution in [0, 0.1) is 0 Å². The summed E-state index contributed by atoms with van der Waals surface area (Å²) in [5.41, 5.74) is 2.72. The van der Waals surface area contributed by atoms with Gasteiger partial charge in [-0.1, -0.05) is 25.3 Å². The van der Waals surface area contributed by atoms with Crippen LogP contribution in [0.3, 0.4) is 0 Å². The van der Waals surface area contributed by atoms with Crippen molar-refractivity contribution in [2.24, 2.45) is 12.0 Å². The number of aryl methyl sites for hydroxylation is 1. The van der Waals surface area contributed by atoms with E-state index < -0.39 is 0 Å². The fraction of sp³-hybridized carbons (Fsp3) is 0.600. The second kappa shape index (κ2) is 9.84. The van der Waals surface area contributed by atoms with Crippen molar-refractivity contribution in [1.29, 1.82) is 0 Å². The van der Waals surface area contributed by atoms with E-state index in [2.05, 4.69) is 38.6 Å². The predicted molar refractivity (Wildman–Crippen MR) is 128 cm³/mol. The summed E-state index contributed by atoms with van der Waals surface area (Å²) < 4.78 is 13.0. The van der Waals surface area contributed by atoms with Gasteiger partial charge in [-0.15, -0.1) is 0 Å². The van der Waals surface area contributed by atoms with E-state index in [1.54, 1.807) is 14.2 Å². The minimum atomic E-state index is 0.0796. The molecule has 1 aliphatic heterocycles. The highest BCUT2D eigenvalue weighted by molar-refractivity contribution is 5.80. The molecule has 7 heteroatoms. The zero-order valence-corrected chi connectivity index (χ0v) is 19.9. The molecular formula is C25H37N5O2. The predicted octanol–water partition coefficient (Wildman–Crippen LogP) is 3.70. The van der Waals surface area contributed by atoms with Gasteiger partial charge in [0, 0.05) is 51.3 Å². The van der Waals surface area contributed by atoms with E-state index in [4.69, 9.17) is 9.47 Å². The minimum Gasteiger partial charge on any atom is -0.493 e. The van der Waals surface area contributed by atoms with Gasteiger partial charge in [0.15, 0.2) is 17.5 Å². The number of methoxy groups -OCH3 is 2. The van der Waals surface area contributed by atoms with E-state index in [0.29, 0.717) is 5.92 Å². The Morgan fingerprint density at radius 3 is 2.62 bits per heavy atom. The molecule has 2 fully saturated rings. The van der Waals surface area contributed by atoms with Crippen molar-refractivity contribution in [3.63, 3.8) is 0 Å². The molecule has 1 saturated carbocycles. The van der Waals surface area contributed by atoms with Gasteiger partial charge in [-0.3, -0.25) is 9.67 Å². The van der Waals surface area contributed by atoms with Crippen LogP contribution >= 0.6 is 0 Å². The normalized spacial score (nSPS) is 20.9. The van der Waals surface area contributed by atoms with Crippen molar-refractivity contribution in [1.82, 2.24) is 20.0 Å². The zero-order chi connectivity index (χ0) is 22.6. The fourth-order valence-electron chi connectivity index (χ4n) is 5.42. The lowest BCUT2D eigenvalue weighted by atomic mass is 9.69. The van der Waals surface area contributed by atoms with Crippen LogP contribution in [-0.2, 0) is 12.5 Å². The third-order valence-corrected chi connectivity index (χ3v) is 7.29. The van der Waals surface area contributed by atoms with Gasteiger partial charge in [0.05, 0.1) is 20.4 Å². The van der Waals surface area contributed by atoms with E-state index in [-0.39, 0.29) is 5.41 Å². The molecule has 1 N–H and O–H groups in total. The highest BCUT2D eigenvalue weighted by Crippen LogP contribution is 2.42. The summed E-state index contributed by atoms with van der Waals surface area (Å²) in [5, 5.41) is 8.10. The molecule has 0 amide bonds. The van der Waals surface area contributed by atoms with Crippen molar-refractivity contribution in [2.45, 2.75) is 49.9 Å². The van der Waals surface area contributed by atoms with Gasteiger partial charge in [0.25, 0.3) is 0 Å². The lowest BCUT2D eigenvalue weighted by molar-refractivity contribution is 0.285. The van der Waals surface area contributed by atoms with Crippen molar-refractivity contribution in [3.8, 4) is 11.5 Å². The molecule has 32 heavy (non-hydrogen) atoms. The molecule has 1 aromatic carbocycles. The number of nitrogens with zero attached hydrogens (tertiary/aromatic N) is 4. The summed E-state index contributed by atoms with van der Waals surface area (Å²) in [6.07, 6.45) is 11.4. The minimum absolute atomic E-state index is 0.0796. The quantitative estimate of drug-likeness (QED) is 0.549. The molecule has 1 saturated heterocycles. The second-order valence-corrected chi connectivity index (χ2v) is 9.19. The molecule has 2 aromatic rings. The van der Waals surface area contributed by atoms with Crippen molar-refractivity contribution in [2.75, 3.05) is 40.9 Å². The van der Waals surface area contributed by atoms with E-state index in [1.807, 2.05) is 31.0 Å². The lowest BCUT2D eigenvalue weighted by Gasteiger charge is -2.39. The molecule has 2 heterocycles. The number of likely N-dealkylation sites (tertiary alicyclic amines) is 1. The maximum atomic E-state index is 5.61. The van der Waals surface area contributed by atoms with Gasteiger partial charge >= 0.3 is 0 Å². The molecule has 1 aliphatic carbocycles. The Labute approximate surface area is 191 Å². The van der Waals surface area contributed by atoms with Crippen molar-refractivity contribution >= 4 is 5.96 Å². The second-order valence-electron chi connectivity index (χ2n) is 9.19. The highest BCUT2D eigenvalue weighted by atomic mass is 16.5. The number of aromatic nitrogens is 2. The molecular weight excluding hydrogens is 402 g/mol. The Bertz CT molecular complexity index is 932. The van der Waals surface area contributed by atoms with Gasteiger partial charge in [0.1, 0.15) is 0 Å². The fourth-order valence-corrected chi connectivity index (χ4v) is 5.42. The highest BCUT2D eigenvalue weighted by Gasteiger charge is 2.36. The number of rotatable bonds is 6. The number of benzene rings is 1. The molecule has 1 atom stereocenters. The first-order valence-electron chi connectivity index (χ1n) is 11.8. The molecule has 1 aromatic heterocycles. The third-order valence-electron chi connectivity index (χ3n) is 7.29. The van der Waals surface area contributed by atoms with Crippen LogP contribution in [-0.4, -0.2) is 61.5 Å². The number of ether oxygens (including phenoxy) is 2.